The summed E-state index contributed by atoms with van der Waals surface area (Å²) in [5.74, 6) is 0.0178. The third-order valence-corrected chi connectivity index (χ3v) is 7.14. The topological polar surface area (TPSA) is 76.8 Å². The Balaban J connectivity index is 1.38. The zero-order valence-corrected chi connectivity index (χ0v) is 17.5. The first-order valence-corrected chi connectivity index (χ1v) is 10.4. The summed E-state index contributed by atoms with van der Waals surface area (Å²) >= 11 is 0. The van der Waals surface area contributed by atoms with E-state index in [4.69, 9.17) is 9.47 Å². The van der Waals surface area contributed by atoms with E-state index in [1.54, 1.807) is 17.1 Å². The van der Waals surface area contributed by atoms with E-state index in [-0.39, 0.29) is 23.0 Å². The van der Waals surface area contributed by atoms with Crippen molar-refractivity contribution in [3.8, 4) is 0 Å². The van der Waals surface area contributed by atoms with Gasteiger partial charge >= 0.3 is 0 Å². The highest BCUT2D eigenvalue weighted by atomic mass is 16.6. The van der Waals surface area contributed by atoms with Crippen molar-refractivity contribution in [2.24, 2.45) is 12.5 Å². The molecule has 4 rings (SSSR count). The van der Waals surface area contributed by atoms with Crippen molar-refractivity contribution in [3.05, 3.63) is 18.2 Å². The fraction of sp³-hybridized carbons (Fsp3) is 0.810. The predicted octanol–water partition coefficient (Wildman–Crippen LogP) is 2.14. The number of hydrogen-bond donors (Lipinski definition) is 1. The molecular weight excluding hydrogens is 358 g/mol. The highest BCUT2D eigenvalue weighted by molar-refractivity contribution is 5.92. The van der Waals surface area contributed by atoms with E-state index < -0.39 is 11.7 Å². The summed E-state index contributed by atoms with van der Waals surface area (Å²) in [6.45, 7) is 8.26. The minimum absolute atomic E-state index is 0.0178. The molecule has 0 radical (unpaired) electrons. The molecule has 28 heavy (non-hydrogen) atoms. The molecule has 3 aliphatic rings. The van der Waals surface area contributed by atoms with Gasteiger partial charge in [0.25, 0.3) is 5.91 Å². The molecule has 0 unspecified atom stereocenters. The average molecular weight is 392 g/mol. The van der Waals surface area contributed by atoms with E-state index in [0.29, 0.717) is 5.69 Å². The van der Waals surface area contributed by atoms with Gasteiger partial charge in [0.05, 0.1) is 36.3 Å². The largest absolute Gasteiger partial charge is 0.390 e. The molecule has 1 N–H and O–H groups in total. The molecule has 1 aromatic heterocycles. The van der Waals surface area contributed by atoms with Gasteiger partial charge in [-0.15, -0.1) is 0 Å². The van der Waals surface area contributed by atoms with Crippen molar-refractivity contribution in [1.29, 1.82) is 0 Å². The number of aliphatic hydroxyl groups excluding tert-OH is 1. The maximum absolute atomic E-state index is 12.7. The van der Waals surface area contributed by atoms with E-state index in [1.165, 1.54) is 0 Å². The van der Waals surface area contributed by atoms with Gasteiger partial charge in [0.15, 0.2) is 0 Å². The monoisotopic (exact) mass is 391 g/mol. The minimum atomic E-state index is -0.551. The second-order valence-electron chi connectivity index (χ2n) is 9.79. The van der Waals surface area contributed by atoms with Crippen LogP contribution in [-0.4, -0.2) is 68.6 Å². The van der Waals surface area contributed by atoms with Gasteiger partial charge in [0.2, 0.25) is 0 Å². The van der Waals surface area contributed by atoms with Crippen LogP contribution in [0.2, 0.25) is 0 Å². The van der Waals surface area contributed by atoms with Crippen LogP contribution >= 0.6 is 0 Å². The van der Waals surface area contributed by atoms with Gasteiger partial charge in [-0.25, -0.2) is 4.98 Å². The van der Waals surface area contributed by atoms with Crippen molar-refractivity contribution in [3.63, 3.8) is 0 Å². The van der Waals surface area contributed by atoms with Crippen LogP contribution in [0, 0.1) is 5.41 Å². The maximum atomic E-state index is 12.7. The molecule has 4 heterocycles. The summed E-state index contributed by atoms with van der Waals surface area (Å²) in [5.41, 5.74) is -0.279. The lowest BCUT2D eigenvalue weighted by molar-refractivity contribution is -0.245. The lowest BCUT2D eigenvalue weighted by Crippen LogP contribution is -2.56. The first kappa shape index (κ1) is 19.9. The number of hydrogen-bond acceptors (Lipinski definition) is 5. The molecule has 156 valence electrons. The van der Waals surface area contributed by atoms with Crippen molar-refractivity contribution in [1.82, 2.24) is 14.5 Å². The number of piperidine rings is 1. The molecule has 1 spiro atoms. The lowest BCUT2D eigenvalue weighted by Gasteiger charge is -2.48. The Kier molecular flexibility index (Phi) is 4.83. The molecule has 0 saturated carbocycles. The lowest BCUT2D eigenvalue weighted by atomic mass is 9.73. The van der Waals surface area contributed by atoms with Crippen molar-refractivity contribution in [2.75, 3.05) is 19.7 Å². The van der Waals surface area contributed by atoms with Crippen LogP contribution in [0.25, 0.3) is 0 Å². The number of carbonyl (C=O) groups is 1. The van der Waals surface area contributed by atoms with Crippen LogP contribution in [0.15, 0.2) is 12.5 Å². The van der Waals surface area contributed by atoms with Crippen LogP contribution in [0.4, 0.5) is 0 Å². The maximum Gasteiger partial charge on any atom is 0.274 e. The third kappa shape index (κ3) is 3.48. The number of amides is 1. The summed E-state index contributed by atoms with van der Waals surface area (Å²) in [6, 6.07) is 0. The summed E-state index contributed by atoms with van der Waals surface area (Å²) in [4.78, 5) is 18.8. The second kappa shape index (κ2) is 6.82. The number of ether oxygens (including phenoxy) is 2. The highest BCUT2D eigenvalue weighted by Gasteiger charge is 2.53. The zero-order chi connectivity index (χ0) is 20.2. The van der Waals surface area contributed by atoms with E-state index in [9.17, 15) is 9.90 Å². The Labute approximate surface area is 167 Å². The molecule has 0 bridgehead atoms. The third-order valence-electron chi connectivity index (χ3n) is 7.14. The van der Waals surface area contributed by atoms with E-state index >= 15 is 0 Å². The first-order valence-electron chi connectivity index (χ1n) is 10.4. The predicted molar refractivity (Wildman–Crippen MR) is 104 cm³/mol. The van der Waals surface area contributed by atoms with Crippen LogP contribution in [0.3, 0.4) is 0 Å². The summed E-state index contributed by atoms with van der Waals surface area (Å²) in [6.07, 6.45) is 7.45. The highest BCUT2D eigenvalue weighted by Crippen LogP contribution is 2.49. The van der Waals surface area contributed by atoms with Gasteiger partial charge in [0, 0.05) is 26.3 Å². The summed E-state index contributed by atoms with van der Waals surface area (Å²) < 4.78 is 14.4. The van der Waals surface area contributed by atoms with Crippen molar-refractivity contribution >= 4 is 5.91 Å². The van der Waals surface area contributed by atoms with Crippen LogP contribution in [-0.2, 0) is 16.5 Å². The van der Waals surface area contributed by atoms with Crippen LogP contribution in [0.1, 0.15) is 63.4 Å². The molecular formula is C21H33N3O4. The Bertz CT molecular complexity index is 738. The SMILES string of the molecule is Cn1cnc(C(=O)N2CCC3(CC2)CO[C@@H]([C@@]2(C)CC[C@H](O)C(C)(C)O2)C3)c1. The Morgan fingerprint density at radius 3 is 2.57 bits per heavy atom. The fourth-order valence-electron chi connectivity index (χ4n) is 5.12. The molecule has 3 atom stereocenters. The first-order chi connectivity index (χ1) is 13.1. The summed E-state index contributed by atoms with van der Waals surface area (Å²) in [5, 5.41) is 10.2. The molecule has 0 aliphatic carbocycles. The van der Waals surface area contributed by atoms with Crippen LogP contribution < -0.4 is 0 Å². The number of aromatic nitrogens is 2. The van der Waals surface area contributed by atoms with Gasteiger partial charge in [-0.3, -0.25) is 4.79 Å². The number of rotatable bonds is 2. The summed E-state index contributed by atoms with van der Waals surface area (Å²) in [7, 11) is 1.87. The van der Waals surface area contributed by atoms with Crippen molar-refractivity contribution < 1.29 is 19.4 Å². The molecule has 1 aromatic rings. The molecule has 0 aromatic carbocycles. The standard InChI is InChI=1S/C21H33N3O4/c1-19(2)16(25)5-6-20(3,28-19)17-11-21(13-27-17)7-9-24(10-8-21)18(26)15-12-23(4)14-22-15/h12,14,16-17,25H,5-11,13H2,1-4H3/t16-,17+,20+/m0/s1. The van der Waals surface area contributed by atoms with Gasteiger partial charge < -0.3 is 24.0 Å². The number of nitrogens with zero attached hydrogens (tertiary/aromatic N) is 3. The van der Waals surface area contributed by atoms with Crippen molar-refractivity contribution in [2.45, 2.75) is 76.3 Å². The van der Waals surface area contributed by atoms with E-state index in [1.807, 2.05) is 25.8 Å². The average Bonchev–Trinajstić information content (AvgIpc) is 3.26. The number of aliphatic hydroxyl groups is 1. The molecule has 1 amide bonds. The Morgan fingerprint density at radius 1 is 1.25 bits per heavy atom. The number of imidazole rings is 1. The Hall–Kier alpha value is -1.44. The van der Waals surface area contributed by atoms with Crippen LogP contribution in [0.5, 0.6) is 0 Å². The van der Waals surface area contributed by atoms with E-state index in [2.05, 4.69) is 11.9 Å². The fourth-order valence-corrected chi connectivity index (χ4v) is 5.12. The van der Waals surface area contributed by atoms with Gasteiger partial charge in [-0.05, 0) is 58.3 Å². The Morgan fingerprint density at radius 2 is 1.96 bits per heavy atom. The molecule has 3 aliphatic heterocycles. The number of carbonyl (C=O) groups excluding carboxylic acids is 1. The number of likely N-dealkylation sites (tertiary alicyclic amines) is 1. The zero-order valence-electron chi connectivity index (χ0n) is 17.5. The smallest absolute Gasteiger partial charge is 0.274 e. The number of aryl methyl sites for hydroxylation is 1. The molecule has 3 saturated heterocycles. The van der Waals surface area contributed by atoms with Gasteiger partial charge in [-0.2, -0.15) is 0 Å². The van der Waals surface area contributed by atoms with E-state index in [0.717, 1.165) is 51.8 Å². The molecule has 7 nitrogen and oxygen atoms in total. The van der Waals surface area contributed by atoms with Gasteiger partial charge in [0.1, 0.15) is 5.69 Å². The quantitative estimate of drug-likeness (QED) is 0.836. The second-order valence-corrected chi connectivity index (χ2v) is 9.79. The minimum Gasteiger partial charge on any atom is -0.390 e. The molecule has 7 heteroatoms. The van der Waals surface area contributed by atoms with Gasteiger partial charge in [-0.1, -0.05) is 0 Å². The normalized spacial score (nSPS) is 34.7. The molecule has 3 fully saturated rings.